The van der Waals surface area contributed by atoms with Gasteiger partial charge in [-0.15, -0.1) is 0 Å². The second-order valence-electron chi connectivity index (χ2n) is 4.54. The molecule has 7 heteroatoms. The van der Waals surface area contributed by atoms with Crippen LogP contribution in [0.25, 0.3) is 11.2 Å². The number of fused-ring (bicyclic) bond motifs is 1. The van der Waals surface area contributed by atoms with Crippen LogP contribution in [0.1, 0.15) is 13.3 Å². The van der Waals surface area contributed by atoms with Crippen molar-refractivity contribution in [1.29, 1.82) is 0 Å². The first-order chi connectivity index (χ1) is 8.69. The molecule has 96 valence electrons. The van der Waals surface area contributed by atoms with Gasteiger partial charge in [-0.3, -0.25) is 0 Å². The van der Waals surface area contributed by atoms with Crippen molar-refractivity contribution in [2.24, 2.45) is 0 Å². The molecule has 0 aliphatic carbocycles. The molecule has 2 aromatic rings. The van der Waals surface area contributed by atoms with Gasteiger partial charge < -0.3 is 20.1 Å². The van der Waals surface area contributed by atoms with Crippen LogP contribution in [0, 0.1) is 0 Å². The molecule has 1 aliphatic heterocycles. The van der Waals surface area contributed by atoms with E-state index in [1.54, 1.807) is 6.33 Å². The Morgan fingerprint density at radius 2 is 2.44 bits per heavy atom. The molecule has 3 rings (SSSR count). The molecule has 0 bridgehead atoms. The van der Waals surface area contributed by atoms with Crippen molar-refractivity contribution in [3.63, 3.8) is 0 Å². The zero-order valence-corrected chi connectivity index (χ0v) is 10.1. The molecular weight excluding hydrogens is 234 g/mol. The minimum atomic E-state index is -0.850. The van der Waals surface area contributed by atoms with Crippen molar-refractivity contribution in [1.82, 2.24) is 19.9 Å². The number of ether oxygens (including phenoxy) is 1. The average molecular weight is 249 g/mol. The monoisotopic (exact) mass is 249 g/mol. The van der Waals surface area contributed by atoms with Gasteiger partial charge in [0, 0.05) is 19.6 Å². The minimum Gasteiger partial charge on any atom is -0.385 e. The lowest BCUT2D eigenvalue weighted by Gasteiger charge is -2.26. The molecule has 0 radical (unpaired) electrons. The fourth-order valence-electron chi connectivity index (χ4n) is 2.14. The highest BCUT2D eigenvalue weighted by atomic mass is 16.5. The Kier molecular flexibility index (Phi) is 2.64. The second-order valence-corrected chi connectivity index (χ2v) is 4.54. The lowest BCUT2D eigenvalue weighted by Crippen LogP contribution is -2.43. The first-order valence-corrected chi connectivity index (χ1v) is 5.91. The molecule has 0 saturated carbocycles. The normalized spacial score (nSPS) is 27.8. The number of nitrogens with zero attached hydrogens (tertiary/aromatic N) is 3. The predicted octanol–water partition coefficient (Wildman–Crippen LogP) is 0.305. The number of anilines is 1. The summed E-state index contributed by atoms with van der Waals surface area (Å²) in [7, 11) is 0. The molecule has 1 aliphatic rings. The maximum atomic E-state index is 10.4. The average Bonchev–Trinajstić information content (AvgIpc) is 2.95. The standard InChI is InChI=1S/C11H15N5O2/c1-7-11(17,2-3-18-7)4-12-9-8-10(14-5-13-8)16-6-15-9/h5-7,17H,2-4H2,1H3,(H2,12,13,14,15,16). The second kappa shape index (κ2) is 4.18. The molecule has 1 fully saturated rings. The molecule has 0 aromatic carbocycles. The Hall–Kier alpha value is -1.73. The lowest BCUT2D eigenvalue weighted by atomic mass is 9.97. The summed E-state index contributed by atoms with van der Waals surface area (Å²) in [5.74, 6) is 0.644. The smallest absolute Gasteiger partial charge is 0.182 e. The van der Waals surface area contributed by atoms with Gasteiger partial charge in [-0.1, -0.05) is 0 Å². The lowest BCUT2D eigenvalue weighted by molar-refractivity contribution is -0.0176. The van der Waals surface area contributed by atoms with Crippen molar-refractivity contribution in [3.8, 4) is 0 Å². The highest BCUT2D eigenvalue weighted by molar-refractivity contribution is 5.81. The van der Waals surface area contributed by atoms with Crippen LogP contribution in [0.3, 0.4) is 0 Å². The van der Waals surface area contributed by atoms with Crippen molar-refractivity contribution >= 4 is 17.0 Å². The van der Waals surface area contributed by atoms with Gasteiger partial charge in [0.15, 0.2) is 11.5 Å². The first kappa shape index (κ1) is 11.4. The van der Waals surface area contributed by atoms with Crippen LogP contribution in [0.4, 0.5) is 5.82 Å². The third-order valence-electron chi connectivity index (χ3n) is 3.44. The number of nitrogens with one attached hydrogen (secondary N) is 2. The van der Waals surface area contributed by atoms with Gasteiger partial charge in [-0.2, -0.15) is 0 Å². The first-order valence-electron chi connectivity index (χ1n) is 5.91. The van der Waals surface area contributed by atoms with Crippen LogP contribution in [-0.2, 0) is 4.74 Å². The number of aliphatic hydroxyl groups is 1. The third-order valence-corrected chi connectivity index (χ3v) is 3.44. The topological polar surface area (TPSA) is 96.0 Å². The zero-order chi connectivity index (χ0) is 12.6. The van der Waals surface area contributed by atoms with Crippen LogP contribution in [-0.4, -0.2) is 49.9 Å². The van der Waals surface area contributed by atoms with Gasteiger partial charge in [-0.05, 0) is 6.92 Å². The third kappa shape index (κ3) is 1.81. The SMILES string of the molecule is CC1OCCC1(O)CNc1ncnc2nc[nH]c12. The van der Waals surface area contributed by atoms with Gasteiger partial charge in [0.1, 0.15) is 17.4 Å². The van der Waals surface area contributed by atoms with Crippen molar-refractivity contribution in [3.05, 3.63) is 12.7 Å². The zero-order valence-electron chi connectivity index (χ0n) is 10.1. The largest absolute Gasteiger partial charge is 0.385 e. The van der Waals surface area contributed by atoms with E-state index in [4.69, 9.17) is 4.74 Å². The van der Waals surface area contributed by atoms with E-state index in [1.165, 1.54) is 6.33 Å². The van der Waals surface area contributed by atoms with Gasteiger partial charge in [0.2, 0.25) is 0 Å². The summed E-state index contributed by atoms with van der Waals surface area (Å²) < 4.78 is 5.39. The number of aromatic amines is 1. The summed E-state index contributed by atoms with van der Waals surface area (Å²) in [6, 6.07) is 0. The summed E-state index contributed by atoms with van der Waals surface area (Å²) in [6.45, 7) is 2.85. The molecule has 0 spiro atoms. The number of aromatic nitrogens is 4. The maximum Gasteiger partial charge on any atom is 0.182 e. The Morgan fingerprint density at radius 1 is 1.56 bits per heavy atom. The van der Waals surface area contributed by atoms with E-state index in [1.807, 2.05) is 6.92 Å². The predicted molar refractivity (Wildman–Crippen MR) is 65.2 cm³/mol. The van der Waals surface area contributed by atoms with Crippen LogP contribution in [0.15, 0.2) is 12.7 Å². The van der Waals surface area contributed by atoms with Crippen molar-refractivity contribution in [2.45, 2.75) is 25.0 Å². The summed E-state index contributed by atoms with van der Waals surface area (Å²) in [4.78, 5) is 15.2. The maximum absolute atomic E-state index is 10.4. The molecule has 2 unspecified atom stereocenters. The van der Waals surface area contributed by atoms with Gasteiger partial charge in [0.25, 0.3) is 0 Å². The highest BCUT2D eigenvalue weighted by Crippen LogP contribution is 2.26. The van der Waals surface area contributed by atoms with E-state index in [0.717, 1.165) is 5.52 Å². The Morgan fingerprint density at radius 3 is 3.22 bits per heavy atom. The van der Waals surface area contributed by atoms with Gasteiger partial charge in [0.05, 0.1) is 12.4 Å². The Bertz CT molecular complexity index is 557. The van der Waals surface area contributed by atoms with Crippen molar-refractivity contribution < 1.29 is 9.84 Å². The molecule has 1 saturated heterocycles. The fourth-order valence-corrected chi connectivity index (χ4v) is 2.14. The summed E-state index contributed by atoms with van der Waals surface area (Å²) >= 11 is 0. The van der Waals surface area contributed by atoms with E-state index in [9.17, 15) is 5.11 Å². The van der Waals surface area contributed by atoms with Crippen LogP contribution < -0.4 is 5.32 Å². The van der Waals surface area contributed by atoms with Crippen LogP contribution in [0.2, 0.25) is 0 Å². The molecule has 18 heavy (non-hydrogen) atoms. The van der Waals surface area contributed by atoms with Crippen LogP contribution in [0.5, 0.6) is 0 Å². The van der Waals surface area contributed by atoms with E-state index >= 15 is 0 Å². The molecular formula is C11H15N5O2. The van der Waals surface area contributed by atoms with E-state index in [2.05, 4.69) is 25.3 Å². The molecule has 3 N–H and O–H groups in total. The van der Waals surface area contributed by atoms with Crippen molar-refractivity contribution in [2.75, 3.05) is 18.5 Å². The number of hydrogen-bond acceptors (Lipinski definition) is 6. The summed E-state index contributed by atoms with van der Waals surface area (Å²) in [6.07, 6.45) is 3.47. The Labute approximate surface area is 104 Å². The Balaban J connectivity index is 1.79. The van der Waals surface area contributed by atoms with E-state index in [-0.39, 0.29) is 6.10 Å². The number of hydrogen-bond donors (Lipinski definition) is 3. The highest BCUT2D eigenvalue weighted by Gasteiger charge is 2.39. The molecule has 0 amide bonds. The summed E-state index contributed by atoms with van der Waals surface area (Å²) in [5, 5.41) is 13.5. The molecule has 2 atom stereocenters. The molecule has 7 nitrogen and oxygen atoms in total. The van der Waals surface area contributed by atoms with Gasteiger partial charge >= 0.3 is 0 Å². The molecule has 2 aromatic heterocycles. The fraction of sp³-hybridized carbons (Fsp3) is 0.545. The van der Waals surface area contributed by atoms with E-state index in [0.29, 0.717) is 31.0 Å². The quantitative estimate of drug-likeness (QED) is 0.724. The number of H-pyrrole nitrogens is 1. The molecule has 3 heterocycles. The number of imidazole rings is 1. The van der Waals surface area contributed by atoms with Crippen LogP contribution >= 0.6 is 0 Å². The minimum absolute atomic E-state index is 0.177. The summed E-state index contributed by atoms with van der Waals surface area (Å²) in [5.41, 5.74) is 0.500. The van der Waals surface area contributed by atoms with E-state index < -0.39 is 5.60 Å². The number of rotatable bonds is 3. The van der Waals surface area contributed by atoms with Gasteiger partial charge in [-0.25, -0.2) is 15.0 Å².